The van der Waals surface area contributed by atoms with Gasteiger partial charge in [0.15, 0.2) is 0 Å². The van der Waals surface area contributed by atoms with Crippen molar-refractivity contribution < 1.29 is 0 Å². The number of aryl methyl sites for hydroxylation is 1. The fraction of sp³-hybridized carbons (Fsp3) is 0.0400. The Kier molecular flexibility index (Phi) is 2.37. The highest BCUT2D eigenvalue weighted by Gasteiger charge is 2.25. The molecule has 0 heteroatoms. The normalized spacial score (nSPS) is 12.2. The van der Waals surface area contributed by atoms with Crippen molar-refractivity contribution >= 4 is 32.3 Å². The Labute approximate surface area is 146 Å². The molecule has 0 unspecified atom stereocenters. The molecule has 25 heavy (non-hydrogen) atoms. The molecule has 0 nitrogen and oxygen atoms in total. The molecule has 5 aromatic rings. The maximum Gasteiger partial charge on any atom is -0.00137 e. The molecule has 0 radical (unpaired) electrons. The zero-order chi connectivity index (χ0) is 16.5. The van der Waals surface area contributed by atoms with E-state index in [2.05, 4.69) is 85.8 Å². The van der Waals surface area contributed by atoms with Gasteiger partial charge in [-0.15, -0.1) is 0 Å². The van der Waals surface area contributed by atoms with Crippen molar-refractivity contribution in [1.29, 1.82) is 0 Å². The molecule has 0 heterocycles. The molecule has 0 atom stereocenters. The van der Waals surface area contributed by atoms with Crippen LogP contribution in [0.1, 0.15) is 5.56 Å². The first-order valence-electron chi connectivity index (χ1n) is 8.80. The van der Waals surface area contributed by atoms with E-state index in [4.69, 9.17) is 0 Å². The minimum absolute atomic E-state index is 1.31. The van der Waals surface area contributed by atoms with Gasteiger partial charge >= 0.3 is 0 Å². The summed E-state index contributed by atoms with van der Waals surface area (Å²) in [6, 6.07) is 29.1. The van der Waals surface area contributed by atoms with Crippen LogP contribution in [0.3, 0.4) is 0 Å². The fourth-order valence-electron chi connectivity index (χ4n) is 4.62. The molecule has 1 aliphatic rings. The number of rotatable bonds is 0. The van der Waals surface area contributed by atoms with E-state index in [1.54, 1.807) is 0 Å². The van der Waals surface area contributed by atoms with E-state index in [9.17, 15) is 0 Å². The summed E-state index contributed by atoms with van der Waals surface area (Å²) in [5.74, 6) is 0. The lowest BCUT2D eigenvalue weighted by atomic mass is 9.89. The van der Waals surface area contributed by atoms with Gasteiger partial charge in [0, 0.05) is 0 Å². The number of hydrogen-bond acceptors (Lipinski definition) is 0. The van der Waals surface area contributed by atoms with E-state index in [0.29, 0.717) is 0 Å². The van der Waals surface area contributed by atoms with E-state index in [1.165, 1.54) is 60.1 Å². The van der Waals surface area contributed by atoms with Crippen LogP contribution in [0.25, 0.3) is 54.6 Å². The molecule has 5 aromatic carbocycles. The van der Waals surface area contributed by atoms with Gasteiger partial charge in [-0.2, -0.15) is 0 Å². The van der Waals surface area contributed by atoms with Crippen LogP contribution in [0.4, 0.5) is 0 Å². The molecule has 0 saturated heterocycles. The zero-order valence-electron chi connectivity index (χ0n) is 14.0. The first kappa shape index (κ1) is 13.2. The summed E-state index contributed by atoms with van der Waals surface area (Å²) in [5.41, 5.74) is 6.87. The van der Waals surface area contributed by atoms with Gasteiger partial charge in [0.05, 0.1) is 0 Å². The Morgan fingerprint density at radius 1 is 0.520 bits per heavy atom. The summed E-state index contributed by atoms with van der Waals surface area (Å²) in [7, 11) is 0. The van der Waals surface area contributed by atoms with Crippen molar-refractivity contribution in [2.45, 2.75) is 6.92 Å². The fourth-order valence-corrected chi connectivity index (χ4v) is 4.62. The van der Waals surface area contributed by atoms with Crippen molar-refractivity contribution in [3.63, 3.8) is 0 Å². The lowest BCUT2D eigenvalue weighted by Gasteiger charge is -2.13. The standard InChI is InChI=1S/C25H16/c1-15-12-13-19-22(14-15)17-8-2-3-9-18(17)24-20-10-4-6-16-7-5-11-21(23(16)20)25(19)24/h2-14H,1H3. The smallest absolute Gasteiger partial charge is 0.00137 e. The molecule has 1 aliphatic carbocycles. The highest BCUT2D eigenvalue weighted by atomic mass is 14.3. The maximum absolute atomic E-state index is 2.33. The van der Waals surface area contributed by atoms with Crippen LogP contribution in [-0.4, -0.2) is 0 Å². The van der Waals surface area contributed by atoms with Gasteiger partial charge in [0.2, 0.25) is 0 Å². The summed E-state index contributed by atoms with van der Waals surface area (Å²) in [4.78, 5) is 0. The Morgan fingerprint density at radius 2 is 1.16 bits per heavy atom. The van der Waals surface area contributed by atoms with Crippen molar-refractivity contribution in [3.8, 4) is 22.3 Å². The second-order valence-electron chi connectivity index (χ2n) is 7.05. The van der Waals surface area contributed by atoms with Crippen LogP contribution in [0.5, 0.6) is 0 Å². The van der Waals surface area contributed by atoms with E-state index < -0.39 is 0 Å². The molecule has 0 aromatic heterocycles. The second kappa shape index (κ2) is 4.49. The summed E-state index contributed by atoms with van der Waals surface area (Å²) in [6.45, 7) is 2.18. The molecule has 0 amide bonds. The van der Waals surface area contributed by atoms with E-state index in [-0.39, 0.29) is 0 Å². The third-order valence-corrected chi connectivity index (χ3v) is 5.62. The Hall–Kier alpha value is -3.12. The first-order chi connectivity index (χ1) is 12.3. The van der Waals surface area contributed by atoms with Gasteiger partial charge in [-0.1, -0.05) is 84.4 Å². The summed E-state index contributed by atoms with van der Waals surface area (Å²) >= 11 is 0. The minimum atomic E-state index is 1.31. The van der Waals surface area contributed by atoms with E-state index >= 15 is 0 Å². The third kappa shape index (κ3) is 1.57. The number of benzene rings is 5. The first-order valence-corrected chi connectivity index (χ1v) is 8.80. The van der Waals surface area contributed by atoms with Crippen LogP contribution < -0.4 is 0 Å². The molecule has 0 fully saturated rings. The molecule has 0 N–H and O–H groups in total. The predicted octanol–water partition coefficient (Wildman–Crippen LogP) is 7.10. The second-order valence-corrected chi connectivity index (χ2v) is 7.05. The molecule has 0 spiro atoms. The summed E-state index contributed by atoms with van der Waals surface area (Å²) < 4.78 is 0. The monoisotopic (exact) mass is 316 g/mol. The molecule has 116 valence electrons. The van der Waals surface area contributed by atoms with Crippen LogP contribution in [0.15, 0.2) is 78.9 Å². The predicted molar refractivity (Wildman–Crippen MR) is 108 cm³/mol. The van der Waals surface area contributed by atoms with Gasteiger partial charge in [0.25, 0.3) is 0 Å². The van der Waals surface area contributed by atoms with Crippen molar-refractivity contribution in [3.05, 3.63) is 84.4 Å². The molecule has 0 saturated carbocycles. The Bertz CT molecular complexity index is 1330. The molecular weight excluding hydrogens is 300 g/mol. The SMILES string of the molecule is Cc1ccc2c3c(c4ccccc4c2c1)-c1cccc2cccc-3c12. The van der Waals surface area contributed by atoms with Crippen molar-refractivity contribution in [2.75, 3.05) is 0 Å². The van der Waals surface area contributed by atoms with Gasteiger partial charge < -0.3 is 0 Å². The average molecular weight is 316 g/mol. The lowest BCUT2D eigenvalue weighted by Crippen LogP contribution is -1.86. The summed E-state index contributed by atoms with van der Waals surface area (Å²) in [6.07, 6.45) is 0. The third-order valence-electron chi connectivity index (χ3n) is 5.62. The van der Waals surface area contributed by atoms with E-state index in [0.717, 1.165) is 0 Å². The topological polar surface area (TPSA) is 0 Å². The highest BCUT2D eigenvalue weighted by Crippen LogP contribution is 2.53. The molecular formula is C25H16. The molecule has 0 bridgehead atoms. The van der Waals surface area contributed by atoms with Gasteiger partial charge in [-0.05, 0) is 61.5 Å². The van der Waals surface area contributed by atoms with Crippen LogP contribution in [0.2, 0.25) is 0 Å². The number of hydrogen-bond donors (Lipinski definition) is 0. The zero-order valence-corrected chi connectivity index (χ0v) is 14.0. The van der Waals surface area contributed by atoms with Crippen molar-refractivity contribution in [2.24, 2.45) is 0 Å². The molecule has 6 rings (SSSR count). The van der Waals surface area contributed by atoms with Crippen LogP contribution in [0, 0.1) is 6.92 Å². The Morgan fingerprint density at radius 3 is 1.88 bits per heavy atom. The van der Waals surface area contributed by atoms with Gasteiger partial charge in [-0.25, -0.2) is 0 Å². The van der Waals surface area contributed by atoms with Crippen LogP contribution in [-0.2, 0) is 0 Å². The minimum Gasteiger partial charge on any atom is -0.0616 e. The maximum atomic E-state index is 2.33. The van der Waals surface area contributed by atoms with Gasteiger partial charge in [-0.3, -0.25) is 0 Å². The number of fused-ring (bicyclic) bond motifs is 8. The lowest BCUT2D eigenvalue weighted by molar-refractivity contribution is 1.51. The van der Waals surface area contributed by atoms with Gasteiger partial charge in [0.1, 0.15) is 0 Å². The Balaban J connectivity index is 1.98. The largest absolute Gasteiger partial charge is 0.0616 e. The summed E-state index contributed by atoms with van der Waals surface area (Å²) in [5, 5.41) is 8.17. The van der Waals surface area contributed by atoms with Crippen LogP contribution >= 0.6 is 0 Å². The highest BCUT2D eigenvalue weighted by molar-refractivity contribution is 6.30. The average Bonchev–Trinajstić information content (AvgIpc) is 2.99. The van der Waals surface area contributed by atoms with Crippen molar-refractivity contribution in [1.82, 2.24) is 0 Å². The quantitative estimate of drug-likeness (QED) is 0.262. The van der Waals surface area contributed by atoms with E-state index in [1.807, 2.05) is 0 Å². The molecule has 0 aliphatic heterocycles.